The fourth-order valence-corrected chi connectivity index (χ4v) is 7.76. The van der Waals surface area contributed by atoms with Crippen LogP contribution in [0.25, 0.3) is 0 Å². The van der Waals surface area contributed by atoms with Crippen LogP contribution >= 0.6 is 50.5 Å². The number of nitrogens with zero attached hydrogens (tertiary/aromatic N) is 1. The van der Waals surface area contributed by atoms with Crippen molar-refractivity contribution in [1.29, 1.82) is 0 Å². The van der Waals surface area contributed by atoms with Gasteiger partial charge in [0.05, 0.1) is 29.2 Å². The van der Waals surface area contributed by atoms with Crippen LogP contribution in [0.15, 0.2) is 38.3 Å². The van der Waals surface area contributed by atoms with E-state index >= 15 is 0 Å². The van der Waals surface area contributed by atoms with Crippen LogP contribution in [0, 0.1) is 0 Å². The van der Waals surface area contributed by atoms with Crippen LogP contribution in [0.3, 0.4) is 0 Å². The van der Waals surface area contributed by atoms with Crippen molar-refractivity contribution >= 4 is 66.5 Å². The Balaban J connectivity index is 1.50. The molecule has 2 aliphatic rings. The van der Waals surface area contributed by atoms with E-state index < -0.39 is 16.1 Å². The summed E-state index contributed by atoms with van der Waals surface area (Å²) in [5, 5.41) is 5.90. The molecule has 0 spiro atoms. The number of quaternary nitrogens is 1. The van der Waals surface area contributed by atoms with E-state index in [1.165, 1.54) is 6.07 Å². The van der Waals surface area contributed by atoms with Crippen LogP contribution < -0.4 is 14.8 Å². The third-order valence-corrected chi connectivity index (χ3v) is 10.6. The van der Waals surface area contributed by atoms with Crippen molar-refractivity contribution in [2.75, 3.05) is 26.2 Å². The van der Waals surface area contributed by atoms with Gasteiger partial charge in [-0.25, -0.2) is 17.7 Å². The number of benzene rings is 1. The molecular formula is C21H25BrCl2N3O4S2+. The van der Waals surface area contributed by atoms with Crippen molar-refractivity contribution in [1.82, 2.24) is 10.0 Å². The first-order valence-electron chi connectivity index (χ1n) is 10.7. The number of hydrogen-bond acceptors (Lipinski definition) is 6. The van der Waals surface area contributed by atoms with Gasteiger partial charge in [-0.3, -0.25) is 0 Å². The summed E-state index contributed by atoms with van der Waals surface area (Å²) in [7, 11) is -3.94. The molecule has 33 heavy (non-hydrogen) atoms. The van der Waals surface area contributed by atoms with Crippen molar-refractivity contribution in [2.24, 2.45) is 0 Å². The Hall–Kier alpha value is -0.880. The van der Waals surface area contributed by atoms with E-state index in [0.29, 0.717) is 46.2 Å². The molecular weight excluding hydrogens is 573 g/mol. The van der Waals surface area contributed by atoms with Gasteiger partial charge in [0.2, 0.25) is 0 Å². The van der Waals surface area contributed by atoms with Gasteiger partial charge in [-0.15, -0.1) is 11.3 Å². The number of urea groups is 1. The van der Waals surface area contributed by atoms with Crippen molar-refractivity contribution in [2.45, 2.75) is 42.0 Å². The molecule has 0 atom stereocenters. The zero-order valence-corrected chi connectivity index (χ0v) is 22.5. The number of halogens is 3. The highest BCUT2D eigenvalue weighted by Gasteiger charge is 2.49. The fourth-order valence-electron chi connectivity index (χ4n) is 4.59. The Kier molecular flexibility index (Phi) is 7.94. The number of amides is 2. The maximum atomic E-state index is 13.5. The molecule has 3 heterocycles. The molecule has 0 saturated carbocycles. The van der Waals surface area contributed by atoms with Crippen LogP contribution in [0.2, 0.25) is 10.0 Å². The van der Waals surface area contributed by atoms with E-state index in [9.17, 15) is 13.2 Å². The lowest BCUT2D eigenvalue weighted by Gasteiger charge is -2.46. The average molecular weight is 598 g/mol. The van der Waals surface area contributed by atoms with Crippen LogP contribution in [-0.4, -0.2) is 57.3 Å². The quantitative estimate of drug-likeness (QED) is 0.473. The molecule has 7 nitrogen and oxygen atoms in total. The minimum atomic E-state index is -3.94. The molecule has 2 fully saturated rings. The number of thiophene rings is 1. The van der Waals surface area contributed by atoms with Gasteiger partial charge in [-0.1, -0.05) is 23.2 Å². The number of piperidine rings is 2. The molecule has 0 aliphatic carbocycles. The van der Waals surface area contributed by atoms with Crippen molar-refractivity contribution < 1.29 is 22.4 Å². The minimum absolute atomic E-state index is 0.0578. The highest BCUT2D eigenvalue weighted by atomic mass is 79.9. The van der Waals surface area contributed by atoms with Crippen LogP contribution in [0.5, 0.6) is 5.75 Å². The second-order valence-electron chi connectivity index (χ2n) is 8.35. The van der Waals surface area contributed by atoms with Gasteiger partial charge in [0.1, 0.15) is 16.1 Å². The number of sulfonamides is 1. The minimum Gasteiger partial charge on any atom is -0.490 e. The summed E-state index contributed by atoms with van der Waals surface area (Å²) in [6.07, 6.45) is 2.80. The molecule has 1 aromatic carbocycles. The summed E-state index contributed by atoms with van der Waals surface area (Å²) in [5.41, 5.74) is 0. The number of ether oxygens (including phenoxy) is 1. The Bertz CT molecular complexity index is 1110. The van der Waals surface area contributed by atoms with E-state index in [-0.39, 0.29) is 20.8 Å². The predicted molar refractivity (Wildman–Crippen MR) is 134 cm³/mol. The molecule has 0 radical (unpaired) electrons. The normalized spacial score (nSPS) is 24.4. The van der Waals surface area contributed by atoms with Crippen LogP contribution in [-0.2, 0) is 10.0 Å². The molecule has 2 saturated heterocycles. The summed E-state index contributed by atoms with van der Waals surface area (Å²) < 4.78 is 35.1. The SMILES string of the molecule is O=C(NS(=O)(=O)c1cc(Br)cs1)[N+]1(C2CCNCC2)CCC(Oc2ccc(Cl)c(Cl)c2)CC1. The molecule has 0 unspecified atom stereocenters. The maximum absolute atomic E-state index is 13.5. The highest BCUT2D eigenvalue weighted by molar-refractivity contribution is 9.10. The smallest absolute Gasteiger partial charge is 0.430 e. The molecule has 2 aromatic rings. The summed E-state index contributed by atoms with van der Waals surface area (Å²) >= 11 is 16.4. The zero-order valence-electron chi connectivity index (χ0n) is 17.7. The molecule has 2 N–H and O–H groups in total. The van der Waals surface area contributed by atoms with Crippen LogP contribution in [0.1, 0.15) is 25.7 Å². The van der Waals surface area contributed by atoms with E-state index in [1.807, 2.05) is 0 Å². The molecule has 4 rings (SSSR count). The molecule has 12 heteroatoms. The summed E-state index contributed by atoms with van der Waals surface area (Å²) in [6.45, 7) is 2.63. The molecule has 2 amide bonds. The lowest BCUT2D eigenvalue weighted by molar-refractivity contribution is -0.882. The van der Waals surface area contributed by atoms with Crippen molar-refractivity contribution in [3.05, 3.63) is 44.2 Å². The van der Waals surface area contributed by atoms with Crippen molar-refractivity contribution in [3.8, 4) is 5.75 Å². The first-order chi connectivity index (χ1) is 15.7. The predicted octanol–water partition coefficient (Wildman–Crippen LogP) is 5.03. The number of likely N-dealkylation sites (tertiary alicyclic amines) is 1. The highest BCUT2D eigenvalue weighted by Crippen LogP contribution is 2.33. The average Bonchev–Trinajstić information content (AvgIpc) is 3.25. The Labute approximate surface area is 216 Å². The van der Waals surface area contributed by atoms with Gasteiger partial charge in [-0.2, -0.15) is 4.72 Å². The van der Waals surface area contributed by atoms with E-state index in [1.54, 1.807) is 23.6 Å². The first kappa shape index (κ1) is 25.2. The third-order valence-electron chi connectivity index (χ3n) is 6.34. The molecule has 1 aromatic heterocycles. The van der Waals surface area contributed by atoms with E-state index in [0.717, 1.165) is 37.3 Å². The van der Waals surface area contributed by atoms with Gasteiger partial charge >= 0.3 is 6.03 Å². The summed E-state index contributed by atoms with van der Waals surface area (Å²) in [4.78, 5) is 13.5. The van der Waals surface area contributed by atoms with Gasteiger partial charge in [0.25, 0.3) is 10.0 Å². The second-order valence-corrected chi connectivity index (χ2v) is 12.9. The van der Waals surface area contributed by atoms with Gasteiger partial charge in [0, 0.05) is 54.7 Å². The monoisotopic (exact) mass is 596 g/mol. The zero-order chi connectivity index (χ0) is 23.6. The number of nitrogens with one attached hydrogen (secondary N) is 2. The number of carbonyl (C=O) groups is 1. The van der Waals surface area contributed by atoms with Crippen LogP contribution in [0.4, 0.5) is 4.79 Å². The van der Waals surface area contributed by atoms with Crippen molar-refractivity contribution in [3.63, 3.8) is 0 Å². The first-order valence-corrected chi connectivity index (χ1v) is 14.6. The third kappa shape index (κ3) is 5.69. The summed E-state index contributed by atoms with van der Waals surface area (Å²) in [6, 6.07) is 6.26. The Morgan fingerprint density at radius 2 is 1.82 bits per heavy atom. The lowest BCUT2D eigenvalue weighted by Crippen LogP contribution is -2.68. The summed E-state index contributed by atoms with van der Waals surface area (Å²) in [5.74, 6) is 0.631. The van der Waals surface area contributed by atoms with E-state index in [2.05, 4.69) is 26.0 Å². The molecule has 180 valence electrons. The standard InChI is InChI=1S/C21H24BrCl2N3O4S2/c22-14-11-20(32-13-14)33(29,30)26-21(28)27(15-3-7-25-8-4-15)9-5-16(6-10-27)31-17-1-2-18(23)19(24)12-17/h1-2,11-13,15-16,25H,3-10H2/p+1. The second kappa shape index (κ2) is 10.4. The number of rotatable bonds is 5. The lowest BCUT2D eigenvalue weighted by atomic mass is 9.96. The molecule has 0 bridgehead atoms. The largest absolute Gasteiger partial charge is 0.490 e. The Morgan fingerprint density at radius 3 is 2.42 bits per heavy atom. The van der Waals surface area contributed by atoms with E-state index in [4.69, 9.17) is 27.9 Å². The topological polar surface area (TPSA) is 84.5 Å². The van der Waals surface area contributed by atoms with Gasteiger partial charge in [-0.05, 0) is 34.1 Å². The van der Waals surface area contributed by atoms with Gasteiger partial charge < -0.3 is 10.1 Å². The maximum Gasteiger partial charge on any atom is 0.430 e. The number of hydrogen-bond donors (Lipinski definition) is 2. The van der Waals surface area contributed by atoms with Gasteiger partial charge in [0.15, 0.2) is 0 Å². The Morgan fingerprint density at radius 1 is 1.12 bits per heavy atom. The fraction of sp³-hybridized carbons (Fsp3) is 0.476. The number of carbonyl (C=O) groups excluding carboxylic acids is 1. The molecule has 2 aliphatic heterocycles.